The van der Waals surface area contributed by atoms with E-state index in [1.54, 1.807) is 12.1 Å². The van der Waals surface area contributed by atoms with Crippen LogP contribution in [0.5, 0.6) is 5.75 Å². The van der Waals surface area contributed by atoms with Crippen molar-refractivity contribution in [3.05, 3.63) is 65.0 Å². The number of hydrogen-bond acceptors (Lipinski definition) is 3. The maximum absolute atomic E-state index is 13.9. The van der Waals surface area contributed by atoms with Crippen LogP contribution in [0.4, 0.5) is 4.39 Å². The van der Waals surface area contributed by atoms with Crippen LogP contribution in [-0.4, -0.2) is 6.61 Å². The van der Waals surface area contributed by atoms with Crippen molar-refractivity contribution >= 4 is 0 Å². The van der Waals surface area contributed by atoms with Crippen molar-refractivity contribution < 1.29 is 9.13 Å². The van der Waals surface area contributed by atoms with Gasteiger partial charge in [0.05, 0.1) is 11.6 Å². The predicted molar refractivity (Wildman–Crippen MR) is 72.6 cm³/mol. The van der Waals surface area contributed by atoms with Crippen molar-refractivity contribution in [3.8, 4) is 11.8 Å². The van der Waals surface area contributed by atoms with Gasteiger partial charge in [0.2, 0.25) is 0 Å². The summed E-state index contributed by atoms with van der Waals surface area (Å²) in [6.07, 6.45) is 0. The number of para-hydroxylation sites is 1. The fourth-order valence-electron chi connectivity index (χ4n) is 2.37. The van der Waals surface area contributed by atoms with Gasteiger partial charge >= 0.3 is 0 Å². The summed E-state index contributed by atoms with van der Waals surface area (Å²) in [5, 5.41) is 12.1. The summed E-state index contributed by atoms with van der Waals surface area (Å²) in [7, 11) is 0. The van der Waals surface area contributed by atoms with Gasteiger partial charge in [0, 0.05) is 17.7 Å². The third-order valence-electron chi connectivity index (χ3n) is 3.44. The van der Waals surface area contributed by atoms with E-state index in [-0.39, 0.29) is 11.6 Å². The molecule has 2 aromatic carbocycles. The molecule has 3 rings (SSSR count). The molecule has 1 heterocycles. The summed E-state index contributed by atoms with van der Waals surface area (Å²) < 4.78 is 19.5. The van der Waals surface area contributed by atoms with E-state index in [4.69, 9.17) is 10.00 Å². The quantitative estimate of drug-likeness (QED) is 0.931. The number of halogens is 1. The Hall–Kier alpha value is -2.38. The van der Waals surface area contributed by atoms with Gasteiger partial charge in [-0.15, -0.1) is 0 Å². The zero-order valence-electron chi connectivity index (χ0n) is 10.8. The maximum Gasteiger partial charge on any atom is 0.145 e. The van der Waals surface area contributed by atoms with Gasteiger partial charge < -0.3 is 10.1 Å². The molecule has 100 valence electrons. The van der Waals surface area contributed by atoms with E-state index in [9.17, 15) is 4.39 Å². The Kier molecular flexibility index (Phi) is 3.36. The number of rotatable bonds is 3. The van der Waals surface area contributed by atoms with E-state index in [0.717, 1.165) is 11.3 Å². The highest BCUT2D eigenvalue weighted by molar-refractivity contribution is 5.39. The van der Waals surface area contributed by atoms with E-state index in [1.807, 2.05) is 30.3 Å². The molecule has 3 nitrogen and oxygen atoms in total. The number of fused-ring (bicyclic) bond motifs is 1. The molecule has 1 atom stereocenters. The van der Waals surface area contributed by atoms with Crippen LogP contribution in [0.2, 0.25) is 0 Å². The van der Waals surface area contributed by atoms with Crippen LogP contribution >= 0.6 is 0 Å². The van der Waals surface area contributed by atoms with E-state index in [1.165, 1.54) is 6.07 Å². The van der Waals surface area contributed by atoms with E-state index >= 15 is 0 Å². The Bertz CT molecular complexity index is 678. The SMILES string of the molecule is N#Cc1cccc(CNC2COc3ccccc32)c1F. The normalized spacial score (nSPS) is 16.3. The summed E-state index contributed by atoms with van der Waals surface area (Å²) in [4.78, 5) is 0. The van der Waals surface area contributed by atoms with Crippen LogP contribution in [0.25, 0.3) is 0 Å². The minimum atomic E-state index is -0.449. The molecule has 0 saturated carbocycles. The highest BCUT2D eigenvalue weighted by Crippen LogP contribution is 2.31. The fraction of sp³-hybridized carbons (Fsp3) is 0.188. The molecule has 20 heavy (non-hydrogen) atoms. The van der Waals surface area contributed by atoms with E-state index in [2.05, 4.69) is 5.32 Å². The lowest BCUT2D eigenvalue weighted by atomic mass is 10.1. The first-order chi connectivity index (χ1) is 9.79. The average Bonchev–Trinajstić information content (AvgIpc) is 2.89. The highest BCUT2D eigenvalue weighted by Gasteiger charge is 2.23. The molecular formula is C16H13FN2O. The molecule has 1 aliphatic rings. The molecule has 2 aromatic rings. The van der Waals surface area contributed by atoms with Crippen LogP contribution in [0.15, 0.2) is 42.5 Å². The van der Waals surface area contributed by atoms with E-state index in [0.29, 0.717) is 18.7 Å². The predicted octanol–water partition coefficient (Wildman–Crippen LogP) is 2.92. The number of ether oxygens (including phenoxy) is 1. The number of nitrogens with one attached hydrogen (secondary N) is 1. The standard InChI is InChI=1S/C16H13FN2O/c17-16-11(8-18)4-3-5-12(16)9-19-14-10-20-15-7-2-1-6-13(14)15/h1-7,14,19H,9-10H2. The number of hydrogen-bond donors (Lipinski definition) is 1. The molecule has 0 saturated heterocycles. The summed E-state index contributed by atoms with van der Waals surface area (Å²) in [5.41, 5.74) is 1.66. The second-order valence-corrected chi connectivity index (χ2v) is 4.67. The molecule has 1 unspecified atom stereocenters. The first kappa shape index (κ1) is 12.6. The molecule has 0 aliphatic carbocycles. The summed E-state index contributed by atoms with van der Waals surface area (Å²) in [6, 6.07) is 14.6. The van der Waals surface area contributed by atoms with Gasteiger partial charge in [0.15, 0.2) is 0 Å². The van der Waals surface area contributed by atoms with Gasteiger partial charge in [-0.05, 0) is 12.1 Å². The largest absolute Gasteiger partial charge is 0.491 e. The number of nitriles is 1. The summed E-state index contributed by atoms with van der Waals surface area (Å²) in [6.45, 7) is 0.905. The van der Waals surface area contributed by atoms with Gasteiger partial charge in [0.1, 0.15) is 24.2 Å². The second-order valence-electron chi connectivity index (χ2n) is 4.67. The van der Waals surface area contributed by atoms with Crippen molar-refractivity contribution in [2.45, 2.75) is 12.6 Å². The molecule has 0 radical (unpaired) electrons. The monoisotopic (exact) mass is 268 g/mol. The van der Waals surface area contributed by atoms with Crippen LogP contribution in [0.1, 0.15) is 22.7 Å². The molecule has 1 N–H and O–H groups in total. The fourth-order valence-corrected chi connectivity index (χ4v) is 2.37. The van der Waals surface area contributed by atoms with Crippen molar-refractivity contribution in [2.24, 2.45) is 0 Å². The van der Waals surface area contributed by atoms with Gasteiger partial charge in [-0.25, -0.2) is 4.39 Å². The Morgan fingerprint density at radius 1 is 1.25 bits per heavy atom. The zero-order chi connectivity index (χ0) is 13.9. The maximum atomic E-state index is 13.9. The van der Waals surface area contributed by atoms with Crippen molar-refractivity contribution in [2.75, 3.05) is 6.61 Å². The lowest BCUT2D eigenvalue weighted by Crippen LogP contribution is -2.22. The zero-order valence-corrected chi connectivity index (χ0v) is 10.8. The van der Waals surface area contributed by atoms with Crippen molar-refractivity contribution in [1.82, 2.24) is 5.32 Å². The Morgan fingerprint density at radius 3 is 2.95 bits per heavy atom. The minimum absolute atomic E-state index is 0.0522. The third kappa shape index (κ3) is 2.24. The highest BCUT2D eigenvalue weighted by atomic mass is 19.1. The summed E-state index contributed by atoms with van der Waals surface area (Å²) >= 11 is 0. The lowest BCUT2D eigenvalue weighted by Gasteiger charge is -2.12. The van der Waals surface area contributed by atoms with Crippen molar-refractivity contribution in [3.63, 3.8) is 0 Å². The first-order valence-electron chi connectivity index (χ1n) is 6.42. The first-order valence-corrected chi connectivity index (χ1v) is 6.42. The molecular weight excluding hydrogens is 255 g/mol. The van der Waals surface area contributed by atoms with E-state index < -0.39 is 5.82 Å². The van der Waals surface area contributed by atoms with Crippen LogP contribution in [0, 0.1) is 17.1 Å². The van der Waals surface area contributed by atoms with Crippen LogP contribution < -0.4 is 10.1 Å². The Balaban J connectivity index is 1.74. The molecule has 0 fully saturated rings. The Morgan fingerprint density at radius 2 is 2.10 bits per heavy atom. The van der Waals surface area contributed by atoms with Crippen molar-refractivity contribution in [1.29, 1.82) is 5.26 Å². The average molecular weight is 268 g/mol. The topological polar surface area (TPSA) is 45.0 Å². The van der Waals surface area contributed by atoms with Gasteiger partial charge in [-0.2, -0.15) is 5.26 Å². The Labute approximate surface area is 116 Å². The molecule has 1 aliphatic heterocycles. The molecule has 0 spiro atoms. The van der Waals surface area contributed by atoms with Crippen LogP contribution in [-0.2, 0) is 6.54 Å². The number of nitrogens with zero attached hydrogens (tertiary/aromatic N) is 1. The molecule has 0 aromatic heterocycles. The van der Waals surface area contributed by atoms with Crippen LogP contribution in [0.3, 0.4) is 0 Å². The van der Waals surface area contributed by atoms with Gasteiger partial charge in [-0.1, -0.05) is 30.3 Å². The summed E-state index contributed by atoms with van der Waals surface area (Å²) in [5.74, 6) is 0.422. The second kappa shape index (κ2) is 5.32. The van der Waals surface area contributed by atoms with Gasteiger partial charge in [0.25, 0.3) is 0 Å². The molecule has 4 heteroatoms. The smallest absolute Gasteiger partial charge is 0.145 e. The molecule has 0 bridgehead atoms. The minimum Gasteiger partial charge on any atom is -0.491 e. The lowest BCUT2D eigenvalue weighted by molar-refractivity contribution is 0.310. The molecule has 0 amide bonds. The third-order valence-corrected chi connectivity index (χ3v) is 3.44. The number of benzene rings is 2. The van der Waals surface area contributed by atoms with Gasteiger partial charge in [-0.3, -0.25) is 0 Å².